The third-order valence-corrected chi connectivity index (χ3v) is 0.785. The minimum Gasteiger partial charge on any atom is -0.469 e. The first-order valence-corrected chi connectivity index (χ1v) is 8.76. The van der Waals surface area contributed by atoms with E-state index in [4.69, 9.17) is 0 Å². The molecule has 6 heteroatoms. The Bertz CT molecular complexity index is 149. The smallest absolute Gasteiger partial charge is 0.302 e. The van der Waals surface area contributed by atoms with Gasteiger partial charge in [0.2, 0.25) is 0 Å². The molecule has 0 amide bonds. The van der Waals surface area contributed by atoms with Crippen molar-refractivity contribution >= 4 is 23.5 Å². The van der Waals surface area contributed by atoms with Crippen LogP contribution in [0, 0.1) is 0 Å². The lowest BCUT2D eigenvalue weighted by atomic mass is 10.4. The van der Waals surface area contributed by atoms with Crippen LogP contribution in [-0.4, -0.2) is 59.7 Å². The highest BCUT2D eigenvalue weighted by Crippen LogP contribution is 1.71. The quantitative estimate of drug-likeness (QED) is 0.385. The van der Waals surface area contributed by atoms with E-state index in [1.54, 1.807) is 32.9 Å². The third-order valence-electron chi connectivity index (χ3n) is 0.785. The van der Waals surface area contributed by atoms with Crippen molar-refractivity contribution in [3.05, 3.63) is 0 Å². The number of methoxy groups -OCH3 is 2. The number of carbonyl (C=O) groups is 2. The molecule has 0 bridgehead atoms. The van der Waals surface area contributed by atoms with E-state index in [2.05, 4.69) is 28.6 Å². The normalized spacial score (nSPS) is 4.80. The van der Waals surface area contributed by atoms with Gasteiger partial charge in [-0.1, -0.05) is 86.6 Å². The van der Waals surface area contributed by atoms with Gasteiger partial charge in [0.1, 0.15) is 5.78 Å². The molecule has 1 N–H and O–H groups in total. The summed E-state index contributed by atoms with van der Waals surface area (Å²) in [5, 5.41) is 2.75. The number of carbonyl (C=O) groups excluding carboxylic acids is 2. The van der Waals surface area contributed by atoms with Crippen LogP contribution in [0.25, 0.3) is 0 Å². The van der Waals surface area contributed by atoms with E-state index in [0.717, 1.165) is 0 Å². The Balaban J connectivity index is -0.00000000822. The second kappa shape index (κ2) is 164. The van der Waals surface area contributed by atoms with Gasteiger partial charge in [0.25, 0.3) is 0 Å². The molecule has 30 heavy (non-hydrogen) atoms. The van der Waals surface area contributed by atoms with Gasteiger partial charge >= 0.3 is 5.97 Å². The topological polar surface area (TPSA) is 64.6 Å². The summed E-state index contributed by atoms with van der Waals surface area (Å²) in [5.41, 5.74) is 0. The van der Waals surface area contributed by atoms with E-state index in [9.17, 15) is 9.59 Å². The highest BCUT2D eigenvalue weighted by atomic mass is 32.2. The highest BCUT2D eigenvalue weighted by Gasteiger charge is 1.77. The lowest BCUT2D eigenvalue weighted by Gasteiger charge is -1.80. The predicted molar refractivity (Wildman–Crippen MR) is 156 cm³/mol. The lowest BCUT2D eigenvalue weighted by molar-refractivity contribution is -0.137. The van der Waals surface area contributed by atoms with Crippen LogP contribution in [0.4, 0.5) is 0 Å². The summed E-state index contributed by atoms with van der Waals surface area (Å²) in [6, 6.07) is 0. The van der Waals surface area contributed by atoms with Crippen LogP contribution >= 0.6 is 11.8 Å². The zero-order chi connectivity index (χ0) is 19.4. The van der Waals surface area contributed by atoms with Gasteiger partial charge in [0.05, 0.1) is 7.11 Å². The Labute approximate surface area is 202 Å². The molecule has 0 aromatic carbocycles. The van der Waals surface area contributed by atoms with Crippen LogP contribution in [0.2, 0.25) is 0 Å². The van der Waals surface area contributed by atoms with Gasteiger partial charge in [-0.15, -0.1) is 0 Å². The van der Waals surface area contributed by atoms with Gasteiger partial charge in [-0.05, 0) is 33.5 Å². The molecule has 0 aliphatic rings. The van der Waals surface area contributed by atoms with Crippen molar-refractivity contribution in [1.82, 2.24) is 5.32 Å². The molecular weight excluding hydrogens is 398 g/mol. The SMILES string of the molecule is C.C.C.C.C.C.C.C.CCC.CCC(C)=O.CNC.COC.COC(C)=O.CSC. The van der Waals surface area contributed by atoms with E-state index < -0.39 is 0 Å². The molecular formula is C24H73NO4S. The molecule has 0 saturated heterocycles. The van der Waals surface area contributed by atoms with Crippen LogP contribution in [0.1, 0.15) is 107 Å². The second-order valence-corrected chi connectivity index (χ2v) is 4.59. The number of hydrogen-bond acceptors (Lipinski definition) is 6. The van der Waals surface area contributed by atoms with Crippen molar-refractivity contribution < 1.29 is 19.1 Å². The summed E-state index contributed by atoms with van der Waals surface area (Å²) in [7, 11) is 8.35. The summed E-state index contributed by atoms with van der Waals surface area (Å²) in [4.78, 5) is 19.4. The summed E-state index contributed by atoms with van der Waals surface area (Å²) < 4.78 is 8.36. The number of Topliss-reactive ketones (excluding diaryl/α,β-unsaturated/α-hetero) is 1. The highest BCUT2D eigenvalue weighted by molar-refractivity contribution is 7.97. The van der Waals surface area contributed by atoms with Crippen molar-refractivity contribution in [1.29, 1.82) is 0 Å². The Morgan fingerprint density at radius 1 is 0.733 bits per heavy atom. The maximum atomic E-state index is 9.81. The van der Waals surface area contributed by atoms with E-state index in [1.807, 2.05) is 33.5 Å². The average Bonchev–Trinajstić information content (AvgIpc) is 2.43. The standard InChI is InChI=1S/C4H8O.C3H6O2.C3H8.C2H7N.C2H6O.C2H6S.8CH4/c1-3-4(2)5;1-3(4)5-2;4*1-3-2;;;;;;;;/h3H2,1-2H3;1-2H3;3H2,1-2H3;3H,1-2H3;2*1-2H3;8*1H4. The number of ketones is 1. The van der Waals surface area contributed by atoms with E-state index >= 15 is 0 Å². The minimum atomic E-state index is -0.245. The number of thioether (sulfide) groups is 1. The molecule has 5 nitrogen and oxygen atoms in total. The van der Waals surface area contributed by atoms with Gasteiger partial charge in [-0.2, -0.15) is 11.8 Å². The Hall–Kier alpha value is -0.590. The molecule has 0 fully saturated rings. The Kier molecular flexibility index (Phi) is 546. The Morgan fingerprint density at radius 2 is 0.800 bits per heavy atom. The van der Waals surface area contributed by atoms with Crippen molar-refractivity contribution in [2.75, 3.05) is 47.9 Å². The molecule has 204 valence electrons. The van der Waals surface area contributed by atoms with Crippen LogP contribution in [-0.2, 0) is 19.1 Å². The van der Waals surface area contributed by atoms with Gasteiger partial charge in [-0.25, -0.2) is 0 Å². The van der Waals surface area contributed by atoms with Crippen LogP contribution in [0.5, 0.6) is 0 Å². The van der Waals surface area contributed by atoms with E-state index in [1.165, 1.54) is 20.5 Å². The number of esters is 1. The van der Waals surface area contributed by atoms with Crippen molar-refractivity contribution in [2.24, 2.45) is 0 Å². The van der Waals surface area contributed by atoms with E-state index in [-0.39, 0.29) is 71.2 Å². The number of hydrogen-bond donors (Lipinski definition) is 1. The maximum Gasteiger partial charge on any atom is 0.302 e. The minimum absolute atomic E-state index is 0. The third kappa shape index (κ3) is 1640. The monoisotopic (exact) mass is 472 g/mol. The average molecular weight is 472 g/mol. The van der Waals surface area contributed by atoms with E-state index in [0.29, 0.717) is 6.42 Å². The maximum absolute atomic E-state index is 9.81. The van der Waals surface area contributed by atoms with Crippen molar-refractivity contribution in [2.45, 2.75) is 107 Å². The van der Waals surface area contributed by atoms with Gasteiger partial charge < -0.3 is 19.6 Å². The zero-order valence-corrected chi connectivity index (χ0v) is 17.8. The fourth-order valence-electron chi connectivity index (χ4n) is 0. The van der Waals surface area contributed by atoms with Gasteiger partial charge in [-0.3, -0.25) is 4.79 Å². The molecule has 0 aromatic heterocycles. The van der Waals surface area contributed by atoms with Gasteiger partial charge in [0, 0.05) is 27.6 Å². The summed E-state index contributed by atoms with van der Waals surface area (Å²) in [6.07, 6.45) is 6.00. The zero-order valence-electron chi connectivity index (χ0n) is 17.0. The molecule has 0 spiro atoms. The molecule has 0 atom stereocenters. The number of ether oxygens (including phenoxy) is 2. The molecule has 0 saturated carbocycles. The summed E-state index contributed by atoms with van der Waals surface area (Å²) in [5.74, 6) is 0.00926. The van der Waals surface area contributed by atoms with Crippen LogP contribution in [0.3, 0.4) is 0 Å². The Morgan fingerprint density at radius 3 is 0.800 bits per heavy atom. The molecule has 0 heterocycles. The molecule has 0 aliphatic carbocycles. The summed E-state index contributed by atoms with van der Waals surface area (Å²) in [6.45, 7) is 9.04. The van der Waals surface area contributed by atoms with Crippen molar-refractivity contribution in [3.63, 3.8) is 0 Å². The van der Waals surface area contributed by atoms with Crippen molar-refractivity contribution in [3.8, 4) is 0 Å². The molecule has 0 rings (SSSR count). The first-order valence-electron chi connectivity index (χ1n) is 7.13. The lowest BCUT2D eigenvalue weighted by Crippen LogP contribution is -1.89. The molecule has 0 aliphatic heterocycles. The predicted octanol–water partition coefficient (Wildman–Crippen LogP) is 8.75. The molecule has 0 unspecified atom stereocenters. The second-order valence-electron chi connectivity index (χ2n) is 3.77. The number of rotatable bonds is 1. The largest absolute Gasteiger partial charge is 0.469 e. The van der Waals surface area contributed by atoms with Crippen LogP contribution < -0.4 is 5.32 Å². The fraction of sp³-hybridized carbons (Fsp3) is 0.917. The first-order chi connectivity index (χ1) is 10.2. The van der Waals surface area contributed by atoms with Crippen LogP contribution in [0.15, 0.2) is 0 Å². The number of nitrogens with one attached hydrogen (secondary N) is 1. The molecule has 0 radical (unpaired) electrons. The first kappa shape index (κ1) is 100.0. The molecule has 0 aromatic rings. The van der Waals surface area contributed by atoms with Gasteiger partial charge in [0.15, 0.2) is 0 Å². The fourth-order valence-corrected chi connectivity index (χ4v) is 0. The summed E-state index contributed by atoms with van der Waals surface area (Å²) >= 11 is 1.75.